The van der Waals surface area contributed by atoms with Gasteiger partial charge in [-0.1, -0.05) is 118 Å². The number of carbonyl (C=O) groups is 2. The quantitative estimate of drug-likeness (QED) is 0.0603. The highest BCUT2D eigenvalue weighted by Gasteiger charge is 2.23. The normalized spacial score (nSPS) is 11.8. The van der Waals surface area contributed by atoms with E-state index in [1.807, 2.05) is 35.7 Å². The summed E-state index contributed by atoms with van der Waals surface area (Å²) in [6.07, 6.45) is 7.05. The fraction of sp³-hybridized carbons (Fsp3) is 0.438. The Bertz CT molecular complexity index is 1010. The number of unbranched alkanes of at least 4 members (excludes halogenated alkanes) is 6. The van der Waals surface area contributed by atoms with Gasteiger partial charge < -0.3 is 0 Å². The van der Waals surface area contributed by atoms with Crippen LogP contribution in [0, 0.1) is 0 Å². The van der Waals surface area contributed by atoms with E-state index in [0.717, 1.165) is 29.6 Å². The highest BCUT2D eigenvalue weighted by Crippen LogP contribution is 2.15. The van der Waals surface area contributed by atoms with Crippen LogP contribution in [0.25, 0.3) is 0 Å². The molecule has 0 unspecified atom stereocenters. The smallest absolute Gasteiger partial charge is 0.290 e. The molecule has 0 bridgehead atoms. The molecule has 40 heavy (non-hydrogen) atoms. The van der Waals surface area contributed by atoms with Crippen molar-refractivity contribution < 1.29 is 29.1 Å². The van der Waals surface area contributed by atoms with Gasteiger partial charge in [0.1, 0.15) is 16.1 Å². The van der Waals surface area contributed by atoms with E-state index in [9.17, 15) is 9.59 Å². The van der Waals surface area contributed by atoms with Gasteiger partial charge in [-0.15, -0.1) is 22.9 Å². The van der Waals surface area contributed by atoms with Crippen LogP contribution in [0.4, 0.5) is 0 Å². The molecule has 0 aliphatic heterocycles. The lowest BCUT2D eigenvalue weighted by Crippen LogP contribution is -2.39. The maximum Gasteiger partial charge on any atom is 0.373 e. The van der Waals surface area contributed by atoms with Gasteiger partial charge in [-0.25, -0.2) is 9.59 Å². The Hall–Kier alpha value is -2.79. The first kappa shape index (κ1) is 33.4. The third-order valence-electron chi connectivity index (χ3n) is 7.26. The molecular weight excluding hydrogens is 537 g/mol. The van der Waals surface area contributed by atoms with Crippen LogP contribution in [0.2, 0.25) is 26.2 Å². The second-order valence-electron chi connectivity index (χ2n) is 11.3. The predicted octanol–water partition coefficient (Wildman–Crippen LogP) is 7.31. The van der Waals surface area contributed by atoms with Crippen molar-refractivity contribution in [1.29, 1.82) is 0 Å². The van der Waals surface area contributed by atoms with E-state index in [0.29, 0.717) is 17.5 Å². The van der Waals surface area contributed by atoms with Gasteiger partial charge >= 0.3 is 11.9 Å². The van der Waals surface area contributed by atoms with Gasteiger partial charge in [0.15, 0.2) is 0 Å². The van der Waals surface area contributed by atoms with E-state index < -0.39 is 34.4 Å². The van der Waals surface area contributed by atoms with Gasteiger partial charge in [-0.3, -0.25) is 9.78 Å². The van der Waals surface area contributed by atoms with E-state index in [1.165, 1.54) is 25.7 Å². The number of hydrogen-bond acceptors (Lipinski definition) is 6. The number of carbonyl (C=O) groups excluding carboxylic acids is 2. The van der Waals surface area contributed by atoms with Gasteiger partial charge in [0.2, 0.25) is 6.29 Å². The highest BCUT2D eigenvalue weighted by molar-refractivity contribution is 6.94. The summed E-state index contributed by atoms with van der Waals surface area (Å²) in [7, 11) is -3.46. The lowest BCUT2D eigenvalue weighted by molar-refractivity contribution is -0.421. The zero-order valence-electron chi connectivity index (χ0n) is 24.9. The Balaban J connectivity index is 1.97. The minimum Gasteiger partial charge on any atom is -0.290 e. The van der Waals surface area contributed by atoms with Crippen LogP contribution in [0.3, 0.4) is 0 Å². The third kappa shape index (κ3) is 10.6. The summed E-state index contributed by atoms with van der Waals surface area (Å²) in [5.41, 5.74) is 4.70. The predicted molar refractivity (Wildman–Crippen MR) is 167 cm³/mol. The van der Waals surface area contributed by atoms with E-state index in [-0.39, 0.29) is 0 Å². The van der Waals surface area contributed by atoms with Crippen molar-refractivity contribution in [2.24, 2.45) is 0 Å². The molecule has 0 saturated carbocycles. The molecule has 2 aromatic carbocycles. The minimum absolute atomic E-state index is 0.357. The van der Waals surface area contributed by atoms with Gasteiger partial charge in [0.25, 0.3) is 0 Å². The molecule has 2 aromatic rings. The largest absolute Gasteiger partial charge is 0.373 e. The molecule has 0 heterocycles. The van der Waals surface area contributed by atoms with Crippen LogP contribution in [0.1, 0.15) is 79.0 Å². The van der Waals surface area contributed by atoms with E-state index >= 15 is 0 Å². The molecule has 0 radical (unpaired) electrons. The highest BCUT2D eigenvalue weighted by atomic mass is 28.3. The van der Waals surface area contributed by atoms with Gasteiger partial charge in [-0.2, -0.15) is 0 Å². The van der Waals surface area contributed by atoms with Crippen molar-refractivity contribution in [3.63, 3.8) is 0 Å². The molecule has 218 valence electrons. The molecule has 0 aliphatic rings. The van der Waals surface area contributed by atoms with E-state index in [1.54, 1.807) is 24.3 Å². The SMILES string of the molecule is C=C[Si](C)(C)c1ccc(C(=O)OOC(CCCCCCCCC)OOC(=O)c2ccc([Si](C)(C)C=C)cc2)cc1. The Morgan fingerprint density at radius 1 is 0.675 bits per heavy atom. The molecule has 0 fully saturated rings. The maximum absolute atomic E-state index is 12.6. The standard InChI is InChI=1S/C32H46O6Si2/c1-8-11-12-13-14-15-16-17-30(35-37-31(33)26-18-22-28(23-19-26)39(4,5)9-2)36-38-32(34)27-20-24-29(25-21-27)40(6,7)10-3/h9-10,18-25,30H,2-3,8,11-17H2,1,4-7H3. The second kappa shape index (κ2) is 16.5. The van der Waals surface area contributed by atoms with Crippen molar-refractivity contribution in [2.45, 2.75) is 90.8 Å². The zero-order chi connectivity index (χ0) is 29.6. The topological polar surface area (TPSA) is 71.1 Å². The molecule has 0 spiro atoms. The first-order chi connectivity index (χ1) is 19.0. The molecule has 0 atom stereocenters. The van der Waals surface area contributed by atoms with Crippen LogP contribution in [-0.2, 0) is 19.6 Å². The Labute approximate surface area is 242 Å². The van der Waals surface area contributed by atoms with Crippen LogP contribution in [0.5, 0.6) is 0 Å². The summed E-state index contributed by atoms with van der Waals surface area (Å²) in [5.74, 6) is -1.29. The lowest BCUT2D eigenvalue weighted by atomic mass is 10.1. The summed E-state index contributed by atoms with van der Waals surface area (Å²) in [5, 5.41) is 2.32. The van der Waals surface area contributed by atoms with Crippen LogP contribution < -0.4 is 10.4 Å². The van der Waals surface area contributed by atoms with E-state index in [2.05, 4.69) is 46.3 Å². The van der Waals surface area contributed by atoms with Gasteiger partial charge in [0.05, 0.1) is 11.1 Å². The first-order valence-electron chi connectivity index (χ1n) is 14.3. The van der Waals surface area contributed by atoms with Crippen molar-refractivity contribution >= 4 is 38.5 Å². The number of benzene rings is 2. The van der Waals surface area contributed by atoms with Crippen LogP contribution in [-0.4, -0.2) is 34.4 Å². The molecule has 0 aliphatic carbocycles. The first-order valence-corrected chi connectivity index (χ1v) is 20.4. The maximum atomic E-state index is 12.6. The molecule has 0 N–H and O–H groups in total. The van der Waals surface area contributed by atoms with Crippen LogP contribution in [0.15, 0.2) is 73.1 Å². The molecule has 0 saturated heterocycles. The van der Waals surface area contributed by atoms with Crippen molar-refractivity contribution in [3.8, 4) is 0 Å². The summed E-state index contributed by atoms with van der Waals surface area (Å²) >= 11 is 0. The molecule has 2 rings (SSSR count). The fourth-order valence-corrected chi connectivity index (χ4v) is 6.50. The molecule has 8 heteroatoms. The van der Waals surface area contributed by atoms with Crippen molar-refractivity contribution in [3.05, 3.63) is 84.2 Å². The Kier molecular flexibility index (Phi) is 13.8. The van der Waals surface area contributed by atoms with Crippen molar-refractivity contribution in [1.82, 2.24) is 0 Å². The average molecular weight is 583 g/mol. The third-order valence-corrected chi connectivity index (χ3v) is 12.9. The summed E-state index contributed by atoms with van der Waals surface area (Å²) in [4.78, 5) is 46.1. The zero-order valence-corrected chi connectivity index (χ0v) is 26.9. The lowest BCUT2D eigenvalue weighted by Gasteiger charge is -2.18. The summed E-state index contributed by atoms with van der Waals surface area (Å²) < 4.78 is 0. The molecular formula is C32H46O6Si2. The number of rotatable bonds is 18. The minimum atomic E-state index is -1.73. The summed E-state index contributed by atoms with van der Waals surface area (Å²) in [6.45, 7) is 18.8. The second-order valence-corrected chi connectivity index (χ2v) is 20.1. The Morgan fingerprint density at radius 3 is 1.43 bits per heavy atom. The fourth-order valence-electron chi connectivity index (χ4n) is 3.98. The molecule has 6 nitrogen and oxygen atoms in total. The number of hydrogen-bond donors (Lipinski definition) is 0. The Morgan fingerprint density at radius 2 is 1.05 bits per heavy atom. The summed E-state index contributed by atoms with van der Waals surface area (Å²) in [6, 6.07) is 14.5. The van der Waals surface area contributed by atoms with Gasteiger partial charge in [-0.05, 0) is 30.7 Å². The van der Waals surface area contributed by atoms with Crippen molar-refractivity contribution in [2.75, 3.05) is 0 Å². The molecule has 0 aromatic heterocycles. The van der Waals surface area contributed by atoms with E-state index in [4.69, 9.17) is 19.6 Å². The monoisotopic (exact) mass is 582 g/mol. The average Bonchev–Trinajstić information content (AvgIpc) is 2.97. The van der Waals surface area contributed by atoms with Crippen LogP contribution >= 0.6 is 0 Å². The van der Waals surface area contributed by atoms with Gasteiger partial charge in [0, 0.05) is 6.42 Å². The molecule has 0 amide bonds.